The topological polar surface area (TPSA) is 87.7 Å². The number of carboxylic acids is 1. The molecule has 6 nitrogen and oxygen atoms in total. The van der Waals surface area contributed by atoms with Crippen LogP contribution in [-0.4, -0.2) is 42.7 Å². The van der Waals surface area contributed by atoms with E-state index in [9.17, 15) is 9.59 Å². The fourth-order valence-electron chi connectivity index (χ4n) is 1.81. The van der Waals surface area contributed by atoms with Gasteiger partial charge >= 0.3 is 5.97 Å². The Labute approximate surface area is 123 Å². The van der Waals surface area contributed by atoms with E-state index in [4.69, 9.17) is 9.84 Å². The number of ether oxygens (including phenoxy) is 1. The zero-order valence-electron chi connectivity index (χ0n) is 11.8. The maximum Gasteiger partial charge on any atom is 0.335 e. The lowest BCUT2D eigenvalue weighted by Gasteiger charge is -2.08. The highest BCUT2D eigenvalue weighted by atomic mass is 16.5. The molecular formula is C15H20N2O4. The van der Waals surface area contributed by atoms with E-state index in [2.05, 4.69) is 10.6 Å². The van der Waals surface area contributed by atoms with Crippen LogP contribution in [0.3, 0.4) is 0 Å². The van der Waals surface area contributed by atoms with Crippen LogP contribution in [0.4, 0.5) is 0 Å². The molecule has 0 radical (unpaired) electrons. The molecule has 0 atom stereocenters. The Bertz CT molecular complexity index is 500. The summed E-state index contributed by atoms with van der Waals surface area (Å²) in [6.07, 6.45) is 2.66. The molecular weight excluding hydrogens is 272 g/mol. The number of amides is 1. The van der Waals surface area contributed by atoms with Gasteiger partial charge < -0.3 is 20.5 Å². The maximum absolute atomic E-state index is 11.4. The molecule has 3 N–H and O–H groups in total. The number of nitrogens with one attached hydrogen (secondary N) is 2. The van der Waals surface area contributed by atoms with Gasteiger partial charge in [0.25, 0.3) is 0 Å². The summed E-state index contributed by atoms with van der Waals surface area (Å²) in [6.45, 7) is 1.64. The highest BCUT2D eigenvalue weighted by molar-refractivity contribution is 5.88. The van der Waals surface area contributed by atoms with Gasteiger partial charge in [0, 0.05) is 25.6 Å². The Hall–Kier alpha value is -2.08. The number of benzene rings is 1. The summed E-state index contributed by atoms with van der Waals surface area (Å²) < 4.78 is 5.45. The Kier molecular flexibility index (Phi) is 5.57. The van der Waals surface area contributed by atoms with E-state index in [1.807, 2.05) is 0 Å². The summed E-state index contributed by atoms with van der Waals surface area (Å²) in [4.78, 5) is 22.2. The van der Waals surface area contributed by atoms with Crippen molar-refractivity contribution in [3.8, 4) is 5.75 Å². The standard InChI is InChI=1S/C15H20N2O4/c18-14(17-12-4-5-12)6-7-16-8-9-21-13-3-1-2-11(10-13)15(19)20/h1-3,10,12,16H,4-9H2,(H,17,18)(H,19,20). The largest absolute Gasteiger partial charge is 0.492 e. The van der Waals surface area contributed by atoms with E-state index in [-0.39, 0.29) is 11.5 Å². The van der Waals surface area contributed by atoms with Gasteiger partial charge in [0.05, 0.1) is 5.56 Å². The molecule has 1 saturated carbocycles. The molecule has 2 rings (SSSR count). The molecule has 1 fully saturated rings. The van der Waals surface area contributed by atoms with Crippen molar-refractivity contribution in [2.75, 3.05) is 19.7 Å². The zero-order valence-corrected chi connectivity index (χ0v) is 11.8. The van der Waals surface area contributed by atoms with Crippen LogP contribution in [0, 0.1) is 0 Å². The predicted octanol–water partition coefficient (Wildman–Crippen LogP) is 1.02. The van der Waals surface area contributed by atoms with Gasteiger partial charge in [0.2, 0.25) is 5.91 Å². The van der Waals surface area contributed by atoms with Gasteiger partial charge in [-0.25, -0.2) is 4.79 Å². The Morgan fingerprint density at radius 1 is 1.29 bits per heavy atom. The van der Waals surface area contributed by atoms with Crippen LogP contribution in [0.15, 0.2) is 24.3 Å². The summed E-state index contributed by atoms with van der Waals surface area (Å²) in [5.41, 5.74) is 0.206. The first-order chi connectivity index (χ1) is 10.1. The summed E-state index contributed by atoms with van der Waals surface area (Å²) >= 11 is 0. The predicted molar refractivity (Wildman–Crippen MR) is 77.5 cm³/mol. The molecule has 1 aliphatic rings. The molecule has 114 valence electrons. The van der Waals surface area contributed by atoms with Gasteiger partial charge in [-0.05, 0) is 31.0 Å². The molecule has 0 heterocycles. The van der Waals surface area contributed by atoms with Crippen molar-refractivity contribution in [1.29, 1.82) is 0 Å². The van der Waals surface area contributed by atoms with Crippen LogP contribution >= 0.6 is 0 Å². The van der Waals surface area contributed by atoms with Crippen LogP contribution in [-0.2, 0) is 4.79 Å². The molecule has 0 spiro atoms. The fourth-order valence-corrected chi connectivity index (χ4v) is 1.81. The lowest BCUT2D eigenvalue weighted by atomic mass is 10.2. The minimum Gasteiger partial charge on any atom is -0.492 e. The monoisotopic (exact) mass is 292 g/mol. The minimum atomic E-state index is -0.972. The summed E-state index contributed by atoms with van der Waals surface area (Å²) in [7, 11) is 0. The Morgan fingerprint density at radius 3 is 2.81 bits per heavy atom. The van der Waals surface area contributed by atoms with Crippen LogP contribution < -0.4 is 15.4 Å². The molecule has 0 aromatic heterocycles. The number of carbonyl (C=O) groups is 2. The zero-order chi connectivity index (χ0) is 15.1. The van der Waals surface area contributed by atoms with Gasteiger partial charge in [-0.2, -0.15) is 0 Å². The van der Waals surface area contributed by atoms with E-state index < -0.39 is 5.97 Å². The van der Waals surface area contributed by atoms with Crippen molar-refractivity contribution in [1.82, 2.24) is 10.6 Å². The van der Waals surface area contributed by atoms with E-state index in [1.54, 1.807) is 12.1 Å². The summed E-state index contributed by atoms with van der Waals surface area (Å²) in [6, 6.07) is 6.78. The first-order valence-electron chi connectivity index (χ1n) is 7.11. The molecule has 1 aromatic rings. The molecule has 1 aliphatic carbocycles. The summed E-state index contributed by atoms with van der Waals surface area (Å²) in [5, 5.41) is 14.9. The molecule has 1 aromatic carbocycles. The third-order valence-corrected chi connectivity index (χ3v) is 3.10. The molecule has 0 saturated heterocycles. The average molecular weight is 292 g/mol. The van der Waals surface area contributed by atoms with E-state index >= 15 is 0 Å². The van der Waals surface area contributed by atoms with Crippen molar-refractivity contribution in [3.05, 3.63) is 29.8 Å². The van der Waals surface area contributed by atoms with Crippen molar-refractivity contribution in [3.63, 3.8) is 0 Å². The number of hydrogen-bond donors (Lipinski definition) is 3. The first-order valence-corrected chi connectivity index (χ1v) is 7.11. The van der Waals surface area contributed by atoms with E-state index in [0.717, 1.165) is 12.8 Å². The van der Waals surface area contributed by atoms with Crippen molar-refractivity contribution in [2.24, 2.45) is 0 Å². The number of carboxylic acid groups (broad SMARTS) is 1. The number of hydrogen-bond acceptors (Lipinski definition) is 4. The minimum absolute atomic E-state index is 0.0834. The van der Waals surface area contributed by atoms with Crippen LogP contribution in [0.25, 0.3) is 0 Å². The van der Waals surface area contributed by atoms with Gasteiger partial charge in [0.15, 0.2) is 0 Å². The molecule has 0 bridgehead atoms. The average Bonchev–Trinajstić information content (AvgIpc) is 3.27. The number of rotatable bonds is 9. The second kappa shape index (κ2) is 7.64. The first kappa shape index (κ1) is 15.3. The Balaban J connectivity index is 1.55. The quantitative estimate of drug-likeness (QED) is 0.592. The maximum atomic E-state index is 11.4. The third kappa shape index (κ3) is 5.83. The highest BCUT2D eigenvalue weighted by Gasteiger charge is 2.22. The highest BCUT2D eigenvalue weighted by Crippen LogP contribution is 2.18. The summed E-state index contributed by atoms with van der Waals surface area (Å²) in [5.74, 6) is -0.358. The fraction of sp³-hybridized carbons (Fsp3) is 0.467. The lowest BCUT2D eigenvalue weighted by molar-refractivity contribution is -0.121. The van der Waals surface area contributed by atoms with Crippen LogP contribution in [0.2, 0.25) is 0 Å². The SMILES string of the molecule is O=C(CCNCCOc1cccc(C(=O)O)c1)NC1CC1. The lowest BCUT2D eigenvalue weighted by Crippen LogP contribution is -2.30. The van der Waals surface area contributed by atoms with Crippen molar-refractivity contribution in [2.45, 2.75) is 25.3 Å². The number of aromatic carboxylic acids is 1. The molecule has 0 unspecified atom stereocenters. The Morgan fingerprint density at radius 2 is 2.10 bits per heavy atom. The van der Waals surface area contributed by atoms with Crippen LogP contribution in [0.5, 0.6) is 5.75 Å². The van der Waals surface area contributed by atoms with E-state index in [0.29, 0.717) is 37.9 Å². The molecule has 1 amide bonds. The normalized spacial score (nSPS) is 13.7. The van der Waals surface area contributed by atoms with E-state index in [1.165, 1.54) is 12.1 Å². The smallest absolute Gasteiger partial charge is 0.335 e. The second-order valence-corrected chi connectivity index (χ2v) is 5.02. The van der Waals surface area contributed by atoms with Crippen molar-refractivity contribution < 1.29 is 19.4 Å². The number of carbonyl (C=O) groups excluding carboxylic acids is 1. The molecule has 21 heavy (non-hydrogen) atoms. The van der Waals surface area contributed by atoms with Crippen LogP contribution in [0.1, 0.15) is 29.6 Å². The van der Waals surface area contributed by atoms with Crippen molar-refractivity contribution >= 4 is 11.9 Å². The van der Waals surface area contributed by atoms with Gasteiger partial charge in [-0.15, -0.1) is 0 Å². The van der Waals surface area contributed by atoms with Gasteiger partial charge in [-0.1, -0.05) is 6.07 Å². The molecule has 0 aliphatic heterocycles. The van der Waals surface area contributed by atoms with Gasteiger partial charge in [0.1, 0.15) is 12.4 Å². The second-order valence-electron chi connectivity index (χ2n) is 5.02. The molecule has 6 heteroatoms. The third-order valence-electron chi connectivity index (χ3n) is 3.10. The van der Waals surface area contributed by atoms with Gasteiger partial charge in [-0.3, -0.25) is 4.79 Å².